The van der Waals surface area contributed by atoms with Crippen LogP contribution in [0, 0.1) is 0 Å². The molecule has 0 aliphatic carbocycles. The molecule has 2 atom stereocenters. The van der Waals surface area contributed by atoms with Gasteiger partial charge in [0.25, 0.3) is 0 Å². The molecule has 0 N–H and O–H groups in total. The largest absolute Gasteiger partial charge is 0.331 e. The van der Waals surface area contributed by atoms with Crippen LogP contribution < -0.4 is 0 Å². The first-order chi connectivity index (χ1) is 7.47. The van der Waals surface area contributed by atoms with Gasteiger partial charge in [0.2, 0.25) is 0 Å². The van der Waals surface area contributed by atoms with Crippen LogP contribution in [0.2, 0.25) is 0 Å². The predicted octanol–water partition coefficient (Wildman–Crippen LogP) is 4.61. The van der Waals surface area contributed by atoms with Crippen molar-refractivity contribution in [2.24, 2.45) is 0 Å². The lowest BCUT2D eigenvalue weighted by Crippen LogP contribution is -2.13. The smallest absolute Gasteiger partial charge is 0.306 e. The second-order valence-corrected chi connectivity index (χ2v) is 6.43. The molecular weight excluding hydrogens is 223 g/mol. The second-order valence-electron chi connectivity index (χ2n) is 4.34. The zero-order valence-corrected chi connectivity index (χ0v) is 12.3. The molecule has 0 aromatic carbocycles. The summed E-state index contributed by atoms with van der Waals surface area (Å²) in [5.41, 5.74) is 0. The van der Waals surface area contributed by atoms with E-state index in [9.17, 15) is 4.57 Å². The summed E-state index contributed by atoms with van der Waals surface area (Å²) < 4.78 is 23.7. The molecule has 0 saturated heterocycles. The highest BCUT2D eigenvalue weighted by Crippen LogP contribution is 2.51. The summed E-state index contributed by atoms with van der Waals surface area (Å²) in [4.78, 5) is 0. The van der Waals surface area contributed by atoms with Gasteiger partial charge in [-0.25, -0.2) is 0 Å². The van der Waals surface area contributed by atoms with E-state index in [1.165, 1.54) is 0 Å². The van der Waals surface area contributed by atoms with E-state index in [4.69, 9.17) is 9.05 Å². The van der Waals surface area contributed by atoms with Crippen LogP contribution in [0.4, 0.5) is 0 Å². The normalized spacial score (nSPS) is 19.1. The van der Waals surface area contributed by atoms with Gasteiger partial charge in [0.05, 0.1) is 18.4 Å². The van der Waals surface area contributed by atoms with Crippen LogP contribution in [0.25, 0.3) is 0 Å². The molecule has 0 fully saturated rings. The first-order valence-electron chi connectivity index (χ1n) is 6.43. The van der Waals surface area contributed by atoms with Gasteiger partial charge in [0.15, 0.2) is 0 Å². The SMILES string of the molecule is CCCCP(=O)(OC(C)CC)OC(C)CC. The Morgan fingerprint density at radius 1 is 1.00 bits per heavy atom. The van der Waals surface area contributed by atoms with Crippen LogP contribution in [0.5, 0.6) is 0 Å². The van der Waals surface area contributed by atoms with Gasteiger partial charge in [-0.2, -0.15) is 0 Å². The van der Waals surface area contributed by atoms with E-state index < -0.39 is 7.60 Å². The van der Waals surface area contributed by atoms with Gasteiger partial charge in [-0.05, 0) is 33.1 Å². The molecule has 0 aliphatic rings. The summed E-state index contributed by atoms with van der Waals surface area (Å²) in [6.45, 7) is 10.0. The van der Waals surface area contributed by atoms with Gasteiger partial charge in [-0.1, -0.05) is 27.2 Å². The van der Waals surface area contributed by atoms with Crippen molar-refractivity contribution in [3.63, 3.8) is 0 Å². The van der Waals surface area contributed by atoms with Crippen molar-refractivity contribution in [3.8, 4) is 0 Å². The number of hydrogen-bond donors (Lipinski definition) is 0. The summed E-state index contributed by atoms with van der Waals surface area (Å²) >= 11 is 0. The van der Waals surface area contributed by atoms with E-state index in [0.717, 1.165) is 25.7 Å². The molecule has 0 radical (unpaired) electrons. The molecule has 0 saturated carbocycles. The van der Waals surface area contributed by atoms with Crippen LogP contribution in [0.1, 0.15) is 60.3 Å². The van der Waals surface area contributed by atoms with Gasteiger partial charge in [0.1, 0.15) is 0 Å². The molecule has 0 heterocycles. The summed E-state index contributed by atoms with van der Waals surface area (Å²) in [5.74, 6) is 0. The van der Waals surface area contributed by atoms with Crippen molar-refractivity contribution >= 4 is 7.60 Å². The standard InChI is InChI=1S/C12H27O3P/c1-6-9-10-16(13,14-11(4)7-2)15-12(5)8-3/h11-12H,6-10H2,1-5H3. The molecule has 0 bridgehead atoms. The highest BCUT2D eigenvalue weighted by atomic mass is 31.2. The molecule has 2 unspecified atom stereocenters. The highest BCUT2D eigenvalue weighted by Gasteiger charge is 2.28. The van der Waals surface area contributed by atoms with E-state index in [0.29, 0.717) is 6.16 Å². The Balaban J connectivity index is 4.41. The molecule has 4 heteroatoms. The summed E-state index contributed by atoms with van der Waals surface area (Å²) in [6, 6.07) is 0. The van der Waals surface area contributed by atoms with Gasteiger partial charge < -0.3 is 9.05 Å². The highest BCUT2D eigenvalue weighted by molar-refractivity contribution is 7.53. The fraction of sp³-hybridized carbons (Fsp3) is 1.00. The molecule has 0 spiro atoms. The van der Waals surface area contributed by atoms with Gasteiger partial charge in [-0.15, -0.1) is 0 Å². The molecule has 16 heavy (non-hydrogen) atoms. The first kappa shape index (κ1) is 16.1. The van der Waals surface area contributed by atoms with Gasteiger partial charge >= 0.3 is 7.60 Å². The Morgan fingerprint density at radius 3 is 1.75 bits per heavy atom. The summed E-state index contributed by atoms with van der Waals surface area (Å²) in [6.07, 6.45) is 4.18. The van der Waals surface area contributed by atoms with Crippen LogP contribution in [0.3, 0.4) is 0 Å². The lowest BCUT2D eigenvalue weighted by molar-refractivity contribution is 0.123. The van der Waals surface area contributed by atoms with Crippen LogP contribution in [-0.4, -0.2) is 18.4 Å². The lowest BCUT2D eigenvalue weighted by atomic mass is 10.3. The number of rotatable bonds is 9. The third-order valence-corrected chi connectivity index (χ3v) is 4.84. The third kappa shape index (κ3) is 6.67. The molecule has 0 rings (SSSR count). The zero-order chi connectivity index (χ0) is 12.6. The minimum Gasteiger partial charge on any atom is -0.306 e. The fourth-order valence-electron chi connectivity index (χ4n) is 1.18. The van der Waals surface area contributed by atoms with E-state index in [1.54, 1.807) is 0 Å². The minimum atomic E-state index is -2.88. The van der Waals surface area contributed by atoms with Crippen molar-refractivity contribution in [2.45, 2.75) is 72.5 Å². The maximum absolute atomic E-state index is 12.5. The van der Waals surface area contributed by atoms with E-state index in [-0.39, 0.29) is 12.2 Å². The van der Waals surface area contributed by atoms with Crippen molar-refractivity contribution in [1.82, 2.24) is 0 Å². The maximum atomic E-state index is 12.5. The van der Waals surface area contributed by atoms with E-state index in [2.05, 4.69) is 6.92 Å². The third-order valence-electron chi connectivity index (χ3n) is 2.62. The van der Waals surface area contributed by atoms with Crippen molar-refractivity contribution in [3.05, 3.63) is 0 Å². The molecular formula is C12H27O3P. The van der Waals surface area contributed by atoms with Crippen molar-refractivity contribution < 1.29 is 13.6 Å². The Hall–Kier alpha value is 0.150. The Morgan fingerprint density at radius 2 is 1.44 bits per heavy atom. The van der Waals surface area contributed by atoms with Gasteiger partial charge in [-0.3, -0.25) is 4.57 Å². The van der Waals surface area contributed by atoms with Crippen LogP contribution >= 0.6 is 7.60 Å². The molecule has 98 valence electrons. The minimum absolute atomic E-state index is 0.00625. The quantitative estimate of drug-likeness (QED) is 0.560. The average Bonchev–Trinajstić information content (AvgIpc) is 2.25. The van der Waals surface area contributed by atoms with Crippen LogP contribution in [-0.2, 0) is 13.6 Å². The fourth-order valence-corrected chi connectivity index (χ4v) is 3.54. The molecule has 0 aliphatic heterocycles. The number of hydrogen-bond acceptors (Lipinski definition) is 3. The predicted molar refractivity (Wildman–Crippen MR) is 69.1 cm³/mol. The maximum Gasteiger partial charge on any atom is 0.331 e. The van der Waals surface area contributed by atoms with Crippen LogP contribution in [0.15, 0.2) is 0 Å². The van der Waals surface area contributed by atoms with E-state index >= 15 is 0 Å². The Bertz CT molecular complexity index is 202. The second kappa shape index (κ2) is 8.27. The zero-order valence-electron chi connectivity index (χ0n) is 11.4. The summed E-state index contributed by atoms with van der Waals surface area (Å²) in [5, 5.41) is 0. The van der Waals surface area contributed by atoms with Gasteiger partial charge in [0, 0.05) is 0 Å². The topological polar surface area (TPSA) is 35.5 Å². The van der Waals surface area contributed by atoms with Crippen molar-refractivity contribution in [1.29, 1.82) is 0 Å². The number of unbranched alkanes of at least 4 members (excludes halogenated alkanes) is 1. The average molecular weight is 250 g/mol. The lowest BCUT2D eigenvalue weighted by Gasteiger charge is -2.24. The Kier molecular flexibility index (Phi) is 8.35. The molecule has 3 nitrogen and oxygen atoms in total. The Labute approximate surface area is 100 Å². The van der Waals surface area contributed by atoms with Crippen molar-refractivity contribution in [2.75, 3.05) is 6.16 Å². The molecule has 0 aromatic rings. The first-order valence-corrected chi connectivity index (χ1v) is 8.16. The summed E-state index contributed by atoms with van der Waals surface area (Å²) in [7, 11) is -2.88. The van der Waals surface area contributed by atoms with E-state index in [1.807, 2.05) is 27.7 Å². The molecule has 0 aromatic heterocycles. The molecule has 0 amide bonds. The monoisotopic (exact) mass is 250 g/mol.